The monoisotopic (exact) mass is 656 g/mol. The van der Waals surface area contributed by atoms with E-state index in [0.717, 1.165) is 10.8 Å². The van der Waals surface area contributed by atoms with Gasteiger partial charge in [-0.3, -0.25) is 9.88 Å². The maximum atomic E-state index is 14.0. The molecule has 15 nitrogen and oxygen atoms in total. The Morgan fingerprint density at radius 1 is 1.07 bits per heavy atom. The highest BCUT2D eigenvalue weighted by atomic mass is 32.2. The molecule has 0 bridgehead atoms. The van der Waals surface area contributed by atoms with Gasteiger partial charge in [0.2, 0.25) is 21.9 Å². The molecule has 1 atom stereocenters. The normalized spacial score (nSPS) is 18.8. The second-order valence-electron chi connectivity index (χ2n) is 11.8. The number of imidazole rings is 1. The molecule has 2 fully saturated rings. The first-order valence-electron chi connectivity index (χ1n) is 14.2. The van der Waals surface area contributed by atoms with Gasteiger partial charge in [0.15, 0.2) is 22.8 Å². The van der Waals surface area contributed by atoms with E-state index >= 15 is 0 Å². The number of rotatable bonds is 6. The number of hydrogen-bond acceptors (Lipinski definition) is 12. The molecule has 2 aliphatic rings. The number of ether oxygens (including phenoxy) is 2. The van der Waals surface area contributed by atoms with Crippen LogP contribution in [0.2, 0.25) is 0 Å². The fourth-order valence-electron chi connectivity index (χ4n) is 5.03. The molecule has 0 aromatic carbocycles. The molecule has 3 aromatic heterocycles. The van der Waals surface area contributed by atoms with Crippen LogP contribution in [0.25, 0.3) is 22.6 Å². The van der Waals surface area contributed by atoms with Gasteiger partial charge in [0, 0.05) is 45.1 Å². The molecule has 0 aliphatic carbocycles. The standard InChI is InChI=1S/C26H35F3N10O5S/c1-16-14-43-11-10-38(16)20-18-21(34-19(33-20)17-12-30-22(31-13-17)35-24(40)44-25(2,3)4)39(15-26(27,28)29)23(32-18)36-6-8-37(9-7-36)45(5,41)42/h12-13,16H,6-11,14-15H2,1-5H3,(H,30,31,35,40)/t16-/m0/s1. The van der Waals surface area contributed by atoms with Gasteiger partial charge in [-0.05, 0) is 27.7 Å². The Labute approximate surface area is 257 Å². The molecule has 2 aliphatic heterocycles. The van der Waals surface area contributed by atoms with E-state index < -0.39 is 34.4 Å². The number of alkyl halides is 3. The van der Waals surface area contributed by atoms with Crippen LogP contribution in [0.15, 0.2) is 12.4 Å². The molecular formula is C26H35F3N10O5S. The second-order valence-corrected chi connectivity index (χ2v) is 13.8. The number of halogens is 3. The quantitative estimate of drug-likeness (QED) is 0.414. The molecule has 3 aromatic rings. The van der Waals surface area contributed by atoms with Gasteiger partial charge in [0.25, 0.3) is 0 Å². The molecule has 45 heavy (non-hydrogen) atoms. The molecule has 246 valence electrons. The summed E-state index contributed by atoms with van der Waals surface area (Å²) in [5, 5.41) is 2.43. The third-order valence-electron chi connectivity index (χ3n) is 7.05. The number of carbonyl (C=O) groups is 1. The van der Waals surface area contributed by atoms with Gasteiger partial charge >= 0.3 is 12.3 Å². The van der Waals surface area contributed by atoms with Gasteiger partial charge in [-0.2, -0.15) is 17.5 Å². The maximum absolute atomic E-state index is 14.0. The minimum Gasteiger partial charge on any atom is -0.444 e. The predicted octanol–water partition coefficient (Wildman–Crippen LogP) is 2.50. The SMILES string of the molecule is C[C@H]1COCCN1c1nc(-c2cnc(NC(=O)OC(C)(C)C)nc2)nc2c1nc(N1CCN(S(C)(=O)=O)CC1)n2CC(F)(F)F. The van der Waals surface area contributed by atoms with E-state index in [-0.39, 0.29) is 66.7 Å². The van der Waals surface area contributed by atoms with Gasteiger partial charge in [-0.25, -0.2) is 38.1 Å². The summed E-state index contributed by atoms with van der Waals surface area (Å²) in [6.07, 6.45) is -1.57. The summed E-state index contributed by atoms with van der Waals surface area (Å²) >= 11 is 0. The largest absolute Gasteiger partial charge is 0.444 e. The topological polar surface area (TPSA) is 161 Å². The number of fused-ring (bicyclic) bond motifs is 1. The molecular weight excluding hydrogens is 621 g/mol. The van der Waals surface area contributed by atoms with Gasteiger partial charge < -0.3 is 19.3 Å². The average molecular weight is 657 g/mol. The van der Waals surface area contributed by atoms with Crippen molar-refractivity contribution in [3.63, 3.8) is 0 Å². The average Bonchev–Trinajstić information content (AvgIpc) is 3.28. The Morgan fingerprint density at radius 3 is 2.31 bits per heavy atom. The lowest BCUT2D eigenvalue weighted by molar-refractivity contribution is -0.139. The Balaban J connectivity index is 1.59. The van der Waals surface area contributed by atoms with Crippen LogP contribution < -0.4 is 15.1 Å². The Morgan fingerprint density at radius 2 is 1.73 bits per heavy atom. The summed E-state index contributed by atoms with van der Waals surface area (Å²) in [5.41, 5.74) is -0.333. The van der Waals surface area contributed by atoms with Crippen LogP contribution in [0.1, 0.15) is 27.7 Å². The Kier molecular flexibility index (Phi) is 8.80. The zero-order chi connectivity index (χ0) is 32.7. The van der Waals surface area contributed by atoms with E-state index in [0.29, 0.717) is 25.6 Å². The van der Waals surface area contributed by atoms with E-state index in [1.54, 1.807) is 25.7 Å². The molecule has 0 radical (unpaired) electrons. The molecule has 19 heteroatoms. The number of carbonyl (C=O) groups excluding carboxylic acids is 1. The Bertz CT molecular complexity index is 1650. The minimum absolute atomic E-state index is 0.0113. The first-order valence-corrected chi connectivity index (χ1v) is 16.1. The van der Waals surface area contributed by atoms with Gasteiger partial charge in [0.05, 0.1) is 31.1 Å². The van der Waals surface area contributed by atoms with E-state index in [1.807, 2.05) is 11.8 Å². The first-order chi connectivity index (χ1) is 21.0. The predicted molar refractivity (Wildman–Crippen MR) is 159 cm³/mol. The fourth-order valence-corrected chi connectivity index (χ4v) is 5.86. The minimum atomic E-state index is -4.62. The number of sulfonamides is 1. The number of hydrogen-bond donors (Lipinski definition) is 1. The van der Waals surface area contributed by atoms with Crippen LogP contribution in [-0.2, 0) is 26.0 Å². The molecule has 0 spiro atoms. The molecule has 1 amide bonds. The molecule has 5 heterocycles. The summed E-state index contributed by atoms with van der Waals surface area (Å²) in [6.45, 7) is 7.29. The van der Waals surface area contributed by atoms with Gasteiger partial charge in [-0.1, -0.05) is 0 Å². The number of morpholine rings is 1. The van der Waals surface area contributed by atoms with Crippen LogP contribution in [0.5, 0.6) is 0 Å². The van der Waals surface area contributed by atoms with E-state index in [4.69, 9.17) is 14.5 Å². The summed E-state index contributed by atoms with van der Waals surface area (Å²) < 4.78 is 79.2. The van der Waals surface area contributed by atoms with Crippen molar-refractivity contribution in [1.29, 1.82) is 0 Å². The number of amides is 1. The summed E-state index contributed by atoms with van der Waals surface area (Å²) in [6, 6.07) is -0.170. The molecule has 0 unspecified atom stereocenters. The highest BCUT2D eigenvalue weighted by Crippen LogP contribution is 2.34. The zero-order valence-corrected chi connectivity index (χ0v) is 26.3. The van der Waals surface area contributed by atoms with Crippen molar-refractivity contribution in [2.45, 2.75) is 52.1 Å². The molecule has 0 saturated carbocycles. The van der Waals surface area contributed by atoms with Crippen LogP contribution >= 0.6 is 0 Å². The van der Waals surface area contributed by atoms with Gasteiger partial charge in [0.1, 0.15) is 12.1 Å². The lowest BCUT2D eigenvalue weighted by Crippen LogP contribution is -2.49. The van der Waals surface area contributed by atoms with Crippen molar-refractivity contribution in [3.05, 3.63) is 12.4 Å². The van der Waals surface area contributed by atoms with Crippen LogP contribution in [0, 0.1) is 0 Å². The second kappa shape index (κ2) is 12.2. The fraction of sp³-hybridized carbons (Fsp3) is 0.615. The lowest BCUT2D eigenvalue weighted by Gasteiger charge is -2.34. The van der Waals surface area contributed by atoms with Crippen molar-refractivity contribution in [1.82, 2.24) is 33.8 Å². The summed E-state index contributed by atoms with van der Waals surface area (Å²) in [7, 11) is -3.46. The maximum Gasteiger partial charge on any atom is 0.414 e. The Hall–Kier alpha value is -3.84. The summed E-state index contributed by atoms with van der Waals surface area (Å²) in [5.74, 6) is 0.335. The number of piperazine rings is 1. The summed E-state index contributed by atoms with van der Waals surface area (Å²) in [4.78, 5) is 37.9. The van der Waals surface area contributed by atoms with Crippen molar-refractivity contribution in [2.24, 2.45) is 0 Å². The number of anilines is 3. The van der Waals surface area contributed by atoms with Crippen LogP contribution in [-0.4, -0.2) is 118 Å². The number of nitrogens with zero attached hydrogens (tertiary/aromatic N) is 9. The van der Waals surface area contributed by atoms with Crippen molar-refractivity contribution in [3.8, 4) is 11.4 Å². The van der Waals surface area contributed by atoms with Crippen LogP contribution in [0.4, 0.5) is 35.7 Å². The molecule has 5 rings (SSSR count). The first kappa shape index (κ1) is 32.6. The van der Waals surface area contributed by atoms with Crippen molar-refractivity contribution >= 4 is 45.0 Å². The van der Waals surface area contributed by atoms with Crippen molar-refractivity contribution in [2.75, 3.05) is 67.3 Å². The van der Waals surface area contributed by atoms with Crippen molar-refractivity contribution < 1.29 is 35.9 Å². The lowest BCUT2D eigenvalue weighted by atomic mass is 10.2. The highest BCUT2D eigenvalue weighted by molar-refractivity contribution is 7.88. The number of nitrogens with one attached hydrogen (secondary N) is 1. The highest BCUT2D eigenvalue weighted by Gasteiger charge is 2.36. The number of aromatic nitrogens is 6. The van der Waals surface area contributed by atoms with Gasteiger partial charge in [-0.15, -0.1) is 0 Å². The molecule has 1 N–H and O–H groups in total. The third-order valence-corrected chi connectivity index (χ3v) is 8.35. The zero-order valence-electron chi connectivity index (χ0n) is 25.5. The van der Waals surface area contributed by atoms with Crippen LogP contribution in [0.3, 0.4) is 0 Å². The van der Waals surface area contributed by atoms with E-state index in [2.05, 4.69) is 25.3 Å². The van der Waals surface area contributed by atoms with E-state index in [9.17, 15) is 26.4 Å². The van der Waals surface area contributed by atoms with E-state index in [1.165, 1.54) is 16.7 Å². The molecule has 2 saturated heterocycles. The third kappa shape index (κ3) is 7.70. The smallest absolute Gasteiger partial charge is 0.414 e.